The predicted octanol–water partition coefficient (Wildman–Crippen LogP) is 5.00. The summed E-state index contributed by atoms with van der Waals surface area (Å²) >= 11 is 6.23. The van der Waals surface area contributed by atoms with Crippen molar-refractivity contribution in [2.45, 2.75) is 76.8 Å². The van der Waals surface area contributed by atoms with Crippen LogP contribution in [0, 0.1) is 5.92 Å². The molecule has 144 valence electrons. The monoisotopic (exact) mass is 395 g/mol. The van der Waals surface area contributed by atoms with Gasteiger partial charge < -0.3 is 9.53 Å². The minimum atomic E-state index is -1.74. The molecular weight excluding hydrogens is 366 g/mol. The molecule has 0 aliphatic heterocycles. The molecule has 2 aromatic rings. The first-order valence-corrected chi connectivity index (χ1v) is 12.7. The highest BCUT2D eigenvalue weighted by molar-refractivity contribution is 6.74. The number of aliphatic hydroxyl groups is 1. The highest BCUT2D eigenvalue weighted by atomic mass is 35.5. The lowest BCUT2D eigenvalue weighted by molar-refractivity contribution is 0.0462. The molecule has 0 bridgehead atoms. The Hall–Kier alpha value is -0.953. The standard InChI is InChI=1S/C19H30ClN3O2Si/c1-19(2,3)26(4,5)25-14-8-6-13(7-9-14)17(24)15-10-11-23-16(15)18(20)21-12-22-23/h10-14,17,24H,6-9H2,1-5H3/t13-,14-,17?. The Morgan fingerprint density at radius 3 is 2.54 bits per heavy atom. The lowest BCUT2D eigenvalue weighted by Gasteiger charge is -2.41. The topological polar surface area (TPSA) is 59.7 Å². The molecule has 0 aromatic carbocycles. The van der Waals surface area contributed by atoms with E-state index in [4.69, 9.17) is 16.0 Å². The van der Waals surface area contributed by atoms with Gasteiger partial charge in [0.25, 0.3) is 0 Å². The van der Waals surface area contributed by atoms with Crippen molar-refractivity contribution < 1.29 is 9.53 Å². The molecule has 0 saturated heterocycles. The van der Waals surface area contributed by atoms with Gasteiger partial charge in [0.05, 0.1) is 6.10 Å². The molecule has 26 heavy (non-hydrogen) atoms. The van der Waals surface area contributed by atoms with Crippen LogP contribution in [0.1, 0.15) is 58.1 Å². The van der Waals surface area contributed by atoms with E-state index >= 15 is 0 Å². The van der Waals surface area contributed by atoms with Gasteiger partial charge in [0.1, 0.15) is 11.8 Å². The van der Waals surface area contributed by atoms with Crippen LogP contribution in [-0.4, -0.2) is 34.1 Å². The molecule has 7 heteroatoms. The fourth-order valence-corrected chi connectivity index (χ4v) is 5.21. The average Bonchev–Trinajstić information content (AvgIpc) is 2.99. The van der Waals surface area contributed by atoms with Gasteiger partial charge in [-0.05, 0) is 55.8 Å². The molecule has 0 radical (unpaired) electrons. The Morgan fingerprint density at radius 2 is 1.92 bits per heavy atom. The van der Waals surface area contributed by atoms with Crippen molar-refractivity contribution in [3.63, 3.8) is 0 Å². The molecule has 2 aromatic heterocycles. The van der Waals surface area contributed by atoms with Crippen LogP contribution < -0.4 is 0 Å². The lowest BCUT2D eigenvalue weighted by Crippen LogP contribution is -2.44. The van der Waals surface area contributed by atoms with E-state index in [1.807, 2.05) is 12.3 Å². The summed E-state index contributed by atoms with van der Waals surface area (Å²) in [6, 6.07) is 1.90. The third-order valence-electron chi connectivity index (χ3n) is 6.19. The van der Waals surface area contributed by atoms with Gasteiger partial charge in [-0.1, -0.05) is 32.4 Å². The Bertz CT molecular complexity index is 764. The summed E-state index contributed by atoms with van der Waals surface area (Å²) in [5, 5.41) is 15.7. The van der Waals surface area contributed by atoms with Gasteiger partial charge in [0.15, 0.2) is 13.5 Å². The van der Waals surface area contributed by atoms with Crippen LogP contribution >= 0.6 is 11.6 Å². The van der Waals surface area contributed by atoms with E-state index in [1.165, 1.54) is 6.33 Å². The number of hydrogen-bond donors (Lipinski definition) is 1. The Morgan fingerprint density at radius 1 is 1.27 bits per heavy atom. The second kappa shape index (κ2) is 7.22. The Balaban J connectivity index is 1.66. The summed E-state index contributed by atoms with van der Waals surface area (Å²) in [4.78, 5) is 4.05. The van der Waals surface area contributed by atoms with Gasteiger partial charge in [0, 0.05) is 17.9 Å². The summed E-state index contributed by atoms with van der Waals surface area (Å²) in [5.74, 6) is 0.219. The van der Waals surface area contributed by atoms with Crippen molar-refractivity contribution in [1.29, 1.82) is 0 Å². The number of halogens is 1. The lowest BCUT2D eigenvalue weighted by atomic mass is 9.82. The van der Waals surface area contributed by atoms with Crippen molar-refractivity contribution in [1.82, 2.24) is 14.6 Å². The third-order valence-corrected chi connectivity index (χ3v) is 11.0. The molecule has 1 unspecified atom stereocenters. The van der Waals surface area contributed by atoms with Crippen LogP contribution in [0.5, 0.6) is 0 Å². The van der Waals surface area contributed by atoms with Crippen LogP contribution in [0.2, 0.25) is 23.3 Å². The molecule has 0 amide bonds. The van der Waals surface area contributed by atoms with Gasteiger partial charge in [-0.15, -0.1) is 0 Å². The second-order valence-corrected chi connectivity index (χ2v) is 14.1. The molecule has 1 N–H and O–H groups in total. The third kappa shape index (κ3) is 3.83. The molecule has 2 heterocycles. The quantitative estimate of drug-likeness (QED) is 0.740. The molecule has 0 spiro atoms. The summed E-state index contributed by atoms with van der Waals surface area (Å²) in [5.41, 5.74) is 1.53. The number of aromatic nitrogens is 3. The zero-order chi connectivity index (χ0) is 19.1. The summed E-state index contributed by atoms with van der Waals surface area (Å²) in [7, 11) is -1.74. The second-order valence-electron chi connectivity index (χ2n) is 8.97. The Kier molecular flexibility index (Phi) is 5.50. The molecule has 3 rings (SSSR count). The highest BCUT2D eigenvalue weighted by Crippen LogP contribution is 2.42. The molecule has 1 fully saturated rings. The van der Waals surface area contributed by atoms with Gasteiger partial charge >= 0.3 is 0 Å². The average molecular weight is 396 g/mol. The van der Waals surface area contributed by atoms with E-state index in [2.05, 4.69) is 43.9 Å². The predicted molar refractivity (Wildman–Crippen MR) is 107 cm³/mol. The van der Waals surface area contributed by atoms with E-state index in [0.29, 0.717) is 16.8 Å². The van der Waals surface area contributed by atoms with Crippen LogP contribution in [0.15, 0.2) is 18.6 Å². The van der Waals surface area contributed by atoms with Crippen molar-refractivity contribution in [3.8, 4) is 0 Å². The number of rotatable bonds is 4. The first-order chi connectivity index (χ1) is 12.1. The summed E-state index contributed by atoms with van der Waals surface area (Å²) < 4.78 is 8.24. The van der Waals surface area contributed by atoms with E-state index in [9.17, 15) is 5.11 Å². The van der Waals surface area contributed by atoms with Crippen molar-refractivity contribution in [2.75, 3.05) is 0 Å². The maximum atomic E-state index is 10.9. The molecule has 1 aliphatic carbocycles. The van der Waals surface area contributed by atoms with Crippen LogP contribution in [-0.2, 0) is 4.43 Å². The zero-order valence-corrected chi connectivity index (χ0v) is 18.1. The minimum Gasteiger partial charge on any atom is -0.414 e. The largest absolute Gasteiger partial charge is 0.414 e. The zero-order valence-electron chi connectivity index (χ0n) is 16.4. The molecular formula is C19H30ClN3O2Si. The Labute approximate surface area is 161 Å². The smallest absolute Gasteiger partial charge is 0.192 e. The molecule has 1 atom stereocenters. The minimum absolute atomic E-state index is 0.219. The SMILES string of the molecule is CC(C)(C)[Si](C)(C)O[C@H]1CC[C@H](C(O)c2ccn3ncnc(Cl)c23)CC1. The van der Waals surface area contributed by atoms with Gasteiger partial charge in [-0.2, -0.15) is 5.10 Å². The maximum absolute atomic E-state index is 10.9. The number of fused-ring (bicyclic) bond motifs is 1. The van der Waals surface area contributed by atoms with Crippen LogP contribution in [0.4, 0.5) is 0 Å². The first kappa shape index (κ1) is 19.8. The van der Waals surface area contributed by atoms with Crippen molar-refractivity contribution >= 4 is 25.4 Å². The highest BCUT2D eigenvalue weighted by Gasteiger charge is 2.40. The summed E-state index contributed by atoms with van der Waals surface area (Å²) in [6.07, 6.45) is 6.96. The normalized spacial score (nSPS) is 23.3. The fraction of sp³-hybridized carbons (Fsp3) is 0.684. The fourth-order valence-electron chi connectivity index (χ4n) is 3.55. The van der Waals surface area contributed by atoms with Crippen LogP contribution in [0.3, 0.4) is 0 Å². The number of aliphatic hydroxyl groups excluding tert-OH is 1. The van der Waals surface area contributed by atoms with Crippen molar-refractivity contribution in [2.24, 2.45) is 5.92 Å². The summed E-state index contributed by atoms with van der Waals surface area (Å²) in [6.45, 7) is 11.4. The first-order valence-electron chi connectivity index (χ1n) is 9.44. The van der Waals surface area contributed by atoms with E-state index in [-0.39, 0.29) is 11.0 Å². The molecule has 1 aliphatic rings. The van der Waals surface area contributed by atoms with Crippen molar-refractivity contribution in [3.05, 3.63) is 29.3 Å². The van der Waals surface area contributed by atoms with Crippen LogP contribution in [0.25, 0.3) is 5.52 Å². The van der Waals surface area contributed by atoms with Gasteiger partial charge in [0.2, 0.25) is 0 Å². The van der Waals surface area contributed by atoms with Gasteiger partial charge in [-0.3, -0.25) is 0 Å². The molecule has 1 saturated carbocycles. The molecule has 5 nitrogen and oxygen atoms in total. The van der Waals surface area contributed by atoms with E-state index in [0.717, 1.165) is 31.2 Å². The van der Waals surface area contributed by atoms with E-state index < -0.39 is 14.4 Å². The van der Waals surface area contributed by atoms with E-state index in [1.54, 1.807) is 4.52 Å². The van der Waals surface area contributed by atoms with Gasteiger partial charge in [-0.25, -0.2) is 9.50 Å². The number of nitrogens with zero attached hydrogens (tertiary/aromatic N) is 3. The maximum Gasteiger partial charge on any atom is 0.192 e. The number of hydrogen-bond acceptors (Lipinski definition) is 4.